The average molecular weight is 508 g/mol. The van der Waals surface area contributed by atoms with Crippen LogP contribution in [0, 0.1) is 10.5 Å². The third-order valence-corrected chi connectivity index (χ3v) is 5.69. The second kappa shape index (κ2) is 8.83. The Morgan fingerprint density at radius 3 is 2.43 bits per heavy atom. The second-order valence-electron chi connectivity index (χ2n) is 7.16. The number of amides is 1. The molecule has 0 bridgehead atoms. The number of anilines is 1. The summed E-state index contributed by atoms with van der Waals surface area (Å²) in [7, 11) is 0. The molecule has 4 nitrogen and oxygen atoms in total. The zero-order valence-electron chi connectivity index (χ0n) is 16.8. The first-order valence-corrected chi connectivity index (χ1v) is 10.7. The molecular weight excluding hydrogens is 487 g/mol. The normalized spacial score (nSPS) is 14.9. The molecule has 0 aliphatic carbocycles. The van der Waals surface area contributed by atoms with Crippen molar-refractivity contribution in [3.8, 4) is 5.75 Å². The van der Waals surface area contributed by atoms with Crippen molar-refractivity contribution in [1.82, 2.24) is 0 Å². The van der Waals surface area contributed by atoms with E-state index in [0.717, 1.165) is 26.1 Å². The van der Waals surface area contributed by atoms with Gasteiger partial charge in [0.1, 0.15) is 12.4 Å². The number of aryl methyl sites for hydroxylation is 1. The van der Waals surface area contributed by atoms with Gasteiger partial charge in [-0.2, -0.15) is 10.1 Å². The summed E-state index contributed by atoms with van der Waals surface area (Å²) >= 11 is 2.26. The first kappa shape index (κ1) is 20.3. The molecule has 0 saturated heterocycles. The molecule has 150 valence electrons. The molecule has 5 heteroatoms. The molecule has 1 amide bonds. The van der Waals surface area contributed by atoms with Gasteiger partial charge in [-0.25, -0.2) is 0 Å². The molecule has 0 spiro atoms. The monoisotopic (exact) mass is 508 g/mol. The smallest absolute Gasteiger partial charge is 0.280 e. The van der Waals surface area contributed by atoms with Crippen LogP contribution in [0.1, 0.15) is 23.6 Å². The van der Waals surface area contributed by atoms with Crippen molar-refractivity contribution in [3.63, 3.8) is 0 Å². The van der Waals surface area contributed by atoms with Gasteiger partial charge in [0.05, 0.1) is 20.5 Å². The highest BCUT2D eigenvalue weighted by Crippen LogP contribution is 2.27. The van der Waals surface area contributed by atoms with Gasteiger partial charge in [-0.05, 0) is 77.9 Å². The number of ether oxygens (including phenoxy) is 1. The molecule has 0 radical (unpaired) electrons. The highest BCUT2D eigenvalue weighted by atomic mass is 127. The van der Waals surface area contributed by atoms with Crippen molar-refractivity contribution in [2.75, 3.05) is 5.01 Å². The predicted octanol–water partition coefficient (Wildman–Crippen LogP) is 5.98. The predicted molar refractivity (Wildman–Crippen MR) is 130 cm³/mol. The maximum absolute atomic E-state index is 12.9. The summed E-state index contributed by atoms with van der Waals surface area (Å²) in [5, 5.41) is 5.88. The number of hydrogen-bond acceptors (Lipinski definition) is 3. The summed E-state index contributed by atoms with van der Waals surface area (Å²) in [4.78, 5) is 12.9. The topological polar surface area (TPSA) is 41.9 Å². The highest BCUT2D eigenvalue weighted by Gasteiger charge is 2.28. The summed E-state index contributed by atoms with van der Waals surface area (Å²) in [5.74, 6) is 0.709. The lowest BCUT2D eigenvalue weighted by Crippen LogP contribution is -2.21. The zero-order valence-corrected chi connectivity index (χ0v) is 19.0. The molecule has 30 heavy (non-hydrogen) atoms. The molecular formula is C25H21IN2O2. The highest BCUT2D eigenvalue weighted by molar-refractivity contribution is 14.1. The lowest BCUT2D eigenvalue weighted by Gasteiger charge is -2.11. The van der Waals surface area contributed by atoms with Crippen LogP contribution in [0.15, 0.2) is 83.5 Å². The number of carbonyl (C=O) groups is 1. The number of para-hydroxylation sites is 1. The number of hydrazone groups is 1. The van der Waals surface area contributed by atoms with E-state index < -0.39 is 0 Å². The molecule has 0 saturated carbocycles. The van der Waals surface area contributed by atoms with E-state index in [1.807, 2.05) is 61.5 Å². The van der Waals surface area contributed by atoms with E-state index in [1.54, 1.807) is 0 Å². The van der Waals surface area contributed by atoms with Gasteiger partial charge in [0, 0.05) is 0 Å². The molecule has 0 atom stereocenters. The zero-order chi connectivity index (χ0) is 21.1. The molecule has 4 rings (SSSR count). The van der Waals surface area contributed by atoms with Crippen molar-refractivity contribution < 1.29 is 9.53 Å². The molecule has 0 N–H and O–H groups in total. The maximum Gasteiger partial charge on any atom is 0.280 e. The van der Waals surface area contributed by atoms with Gasteiger partial charge < -0.3 is 4.74 Å². The van der Waals surface area contributed by atoms with E-state index in [1.165, 1.54) is 10.6 Å². The minimum Gasteiger partial charge on any atom is -0.488 e. The van der Waals surface area contributed by atoms with Crippen molar-refractivity contribution >= 4 is 46.0 Å². The van der Waals surface area contributed by atoms with E-state index in [-0.39, 0.29) is 5.91 Å². The summed E-state index contributed by atoms with van der Waals surface area (Å²) in [6.45, 7) is 4.45. The van der Waals surface area contributed by atoms with Crippen LogP contribution in [-0.4, -0.2) is 11.6 Å². The summed E-state index contributed by atoms with van der Waals surface area (Å²) in [6.07, 6.45) is 1.88. The van der Waals surface area contributed by atoms with Gasteiger partial charge in [0.25, 0.3) is 5.91 Å². The quantitative estimate of drug-likeness (QED) is 0.314. The number of carbonyl (C=O) groups excluding carboxylic acids is 1. The fraction of sp³-hybridized carbons (Fsp3) is 0.120. The van der Waals surface area contributed by atoms with E-state index in [9.17, 15) is 4.79 Å². The van der Waals surface area contributed by atoms with E-state index in [2.05, 4.69) is 58.9 Å². The van der Waals surface area contributed by atoms with Gasteiger partial charge in [0.15, 0.2) is 0 Å². The van der Waals surface area contributed by atoms with Crippen LogP contribution in [0.2, 0.25) is 0 Å². The summed E-state index contributed by atoms with van der Waals surface area (Å²) < 4.78 is 6.97. The average Bonchev–Trinajstić information content (AvgIpc) is 3.03. The Hall–Kier alpha value is -2.93. The van der Waals surface area contributed by atoms with Crippen LogP contribution >= 0.6 is 22.6 Å². The van der Waals surface area contributed by atoms with Gasteiger partial charge in [0.2, 0.25) is 0 Å². The fourth-order valence-corrected chi connectivity index (χ4v) is 3.86. The molecule has 1 aliphatic heterocycles. The SMILES string of the molecule is CC1=NN(c2ccccc2)C(=O)/C1=C/c1ccc(OCc2ccc(C)cc2)c(I)c1. The Labute approximate surface area is 190 Å². The minimum atomic E-state index is -0.117. The van der Waals surface area contributed by atoms with Crippen LogP contribution in [0.5, 0.6) is 5.75 Å². The Kier molecular flexibility index (Phi) is 5.99. The third-order valence-electron chi connectivity index (χ3n) is 4.85. The Balaban J connectivity index is 1.50. The largest absolute Gasteiger partial charge is 0.488 e. The van der Waals surface area contributed by atoms with Crippen LogP contribution in [0.25, 0.3) is 6.08 Å². The maximum atomic E-state index is 12.9. The Bertz CT molecular complexity index is 1140. The lowest BCUT2D eigenvalue weighted by atomic mass is 10.1. The van der Waals surface area contributed by atoms with Crippen molar-refractivity contribution in [1.29, 1.82) is 0 Å². The second-order valence-corrected chi connectivity index (χ2v) is 8.32. The van der Waals surface area contributed by atoms with Crippen molar-refractivity contribution in [2.24, 2.45) is 5.10 Å². The van der Waals surface area contributed by atoms with Crippen molar-refractivity contribution in [3.05, 3.63) is 98.6 Å². The molecule has 0 unspecified atom stereocenters. The number of benzene rings is 3. The fourth-order valence-electron chi connectivity index (χ4n) is 3.16. The third kappa shape index (κ3) is 4.46. The van der Waals surface area contributed by atoms with E-state index in [0.29, 0.717) is 17.9 Å². The summed E-state index contributed by atoms with van der Waals surface area (Å²) in [5.41, 5.74) is 5.37. The number of rotatable bonds is 5. The first-order chi connectivity index (χ1) is 14.5. The van der Waals surface area contributed by atoms with Crippen LogP contribution in [0.3, 0.4) is 0 Å². The van der Waals surface area contributed by atoms with Crippen LogP contribution < -0.4 is 9.75 Å². The number of halogens is 1. The number of hydrogen-bond donors (Lipinski definition) is 0. The van der Waals surface area contributed by atoms with Gasteiger partial charge in [-0.15, -0.1) is 0 Å². The Morgan fingerprint density at radius 1 is 1.00 bits per heavy atom. The molecule has 0 fully saturated rings. The van der Waals surface area contributed by atoms with Crippen LogP contribution in [0.4, 0.5) is 5.69 Å². The van der Waals surface area contributed by atoms with Gasteiger partial charge >= 0.3 is 0 Å². The van der Waals surface area contributed by atoms with Gasteiger partial charge in [-0.3, -0.25) is 4.79 Å². The minimum absolute atomic E-state index is 0.117. The Morgan fingerprint density at radius 2 is 1.73 bits per heavy atom. The molecule has 1 aliphatic rings. The van der Waals surface area contributed by atoms with E-state index in [4.69, 9.17) is 4.74 Å². The number of nitrogens with zero attached hydrogens (tertiary/aromatic N) is 2. The standard InChI is InChI=1S/C25H21IN2O2/c1-17-8-10-19(11-9-17)16-30-24-13-12-20(15-23(24)26)14-22-18(2)27-28(25(22)29)21-6-4-3-5-7-21/h3-15H,16H2,1-2H3/b22-14+. The van der Waals surface area contributed by atoms with Gasteiger partial charge in [-0.1, -0.05) is 54.1 Å². The molecule has 0 aromatic heterocycles. The lowest BCUT2D eigenvalue weighted by molar-refractivity contribution is -0.114. The first-order valence-electron chi connectivity index (χ1n) is 9.66. The molecule has 3 aromatic rings. The summed E-state index contributed by atoms with van der Waals surface area (Å²) in [6, 6.07) is 23.7. The van der Waals surface area contributed by atoms with Crippen molar-refractivity contribution in [2.45, 2.75) is 20.5 Å². The molecule has 1 heterocycles. The molecule has 3 aromatic carbocycles. The van der Waals surface area contributed by atoms with Crippen LogP contribution in [-0.2, 0) is 11.4 Å². The van der Waals surface area contributed by atoms with E-state index >= 15 is 0 Å².